The van der Waals surface area contributed by atoms with Crippen molar-refractivity contribution in [1.29, 1.82) is 0 Å². The summed E-state index contributed by atoms with van der Waals surface area (Å²) in [6, 6.07) is 11.1. The molecule has 0 unspecified atom stereocenters. The van der Waals surface area contributed by atoms with Gasteiger partial charge >= 0.3 is 0 Å². The molecule has 2 N–H and O–H groups in total. The van der Waals surface area contributed by atoms with Crippen LogP contribution in [0, 0.1) is 0 Å². The van der Waals surface area contributed by atoms with Crippen LogP contribution >= 0.6 is 27.5 Å². The van der Waals surface area contributed by atoms with Gasteiger partial charge in [0.05, 0.1) is 5.02 Å². The maximum atomic E-state index is 12.3. The van der Waals surface area contributed by atoms with E-state index in [4.69, 9.17) is 11.6 Å². The van der Waals surface area contributed by atoms with Crippen LogP contribution in [0.3, 0.4) is 0 Å². The van der Waals surface area contributed by atoms with E-state index in [0.717, 1.165) is 30.8 Å². The Bertz CT molecular complexity index is 703. The van der Waals surface area contributed by atoms with Crippen molar-refractivity contribution in [3.05, 3.63) is 57.0 Å². The quantitative estimate of drug-likeness (QED) is 0.809. The van der Waals surface area contributed by atoms with Crippen molar-refractivity contribution in [2.75, 3.05) is 17.2 Å². The number of benzene rings is 2. The minimum atomic E-state index is -0.143. The van der Waals surface area contributed by atoms with Crippen LogP contribution < -0.4 is 10.6 Å². The van der Waals surface area contributed by atoms with Crippen LogP contribution in [-0.2, 0) is 6.42 Å². The molecule has 2 aromatic carbocycles. The Kier molecular flexibility index (Phi) is 4.17. The molecule has 0 saturated carbocycles. The molecule has 0 atom stereocenters. The SMILES string of the molecule is O=C(Nc1ccc2c(c1)CCCN2)c1ccc(Cl)c(Br)c1. The molecule has 0 bridgehead atoms. The second-order valence-electron chi connectivity index (χ2n) is 4.99. The maximum absolute atomic E-state index is 12.3. The minimum Gasteiger partial charge on any atom is -0.385 e. The highest BCUT2D eigenvalue weighted by atomic mass is 79.9. The van der Waals surface area contributed by atoms with Gasteiger partial charge in [0.25, 0.3) is 5.91 Å². The molecule has 1 aliphatic rings. The Hall–Kier alpha value is -1.52. The summed E-state index contributed by atoms with van der Waals surface area (Å²) in [5.41, 5.74) is 3.79. The van der Waals surface area contributed by atoms with E-state index in [1.807, 2.05) is 18.2 Å². The van der Waals surface area contributed by atoms with Crippen molar-refractivity contribution < 1.29 is 4.79 Å². The predicted octanol–water partition coefficient (Wildman–Crippen LogP) is 4.71. The third kappa shape index (κ3) is 3.22. The van der Waals surface area contributed by atoms with Gasteiger partial charge in [0.1, 0.15) is 0 Å². The first-order valence-electron chi connectivity index (χ1n) is 6.77. The predicted molar refractivity (Wildman–Crippen MR) is 90.4 cm³/mol. The second kappa shape index (κ2) is 6.08. The molecule has 0 fully saturated rings. The standard InChI is InChI=1S/C16H14BrClN2O/c17-13-9-11(3-5-14(13)18)16(21)20-12-4-6-15-10(8-12)2-1-7-19-15/h3-6,8-9,19H,1-2,7H2,(H,20,21). The van der Waals surface area contributed by atoms with Crippen molar-refractivity contribution >= 4 is 44.8 Å². The minimum absolute atomic E-state index is 0.143. The number of hydrogen-bond acceptors (Lipinski definition) is 2. The summed E-state index contributed by atoms with van der Waals surface area (Å²) < 4.78 is 0.714. The average Bonchev–Trinajstić information content (AvgIpc) is 2.50. The van der Waals surface area contributed by atoms with E-state index in [9.17, 15) is 4.79 Å². The Balaban J connectivity index is 1.79. The first kappa shape index (κ1) is 14.4. The van der Waals surface area contributed by atoms with Crippen LogP contribution in [0.5, 0.6) is 0 Å². The molecule has 0 aromatic heterocycles. The van der Waals surface area contributed by atoms with Gasteiger partial charge in [-0.15, -0.1) is 0 Å². The first-order valence-corrected chi connectivity index (χ1v) is 7.94. The van der Waals surface area contributed by atoms with E-state index >= 15 is 0 Å². The molecular weight excluding hydrogens is 352 g/mol. The number of rotatable bonds is 2. The first-order chi connectivity index (χ1) is 10.1. The number of carbonyl (C=O) groups excluding carboxylic acids is 1. The summed E-state index contributed by atoms with van der Waals surface area (Å²) in [5, 5.41) is 6.87. The molecule has 1 aliphatic heterocycles. The largest absolute Gasteiger partial charge is 0.385 e. The molecule has 1 heterocycles. The fraction of sp³-hybridized carbons (Fsp3) is 0.188. The van der Waals surface area contributed by atoms with Gasteiger partial charge < -0.3 is 10.6 Å². The molecule has 2 aromatic rings. The van der Waals surface area contributed by atoms with Crippen LogP contribution in [0.2, 0.25) is 5.02 Å². The van der Waals surface area contributed by atoms with E-state index in [-0.39, 0.29) is 5.91 Å². The number of aryl methyl sites for hydroxylation is 1. The van der Waals surface area contributed by atoms with Crippen LogP contribution in [-0.4, -0.2) is 12.5 Å². The highest BCUT2D eigenvalue weighted by Crippen LogP contribution is 2.26. The van der Waals surface area contributed by atoms with Crippen LogP contribution in [0.25, 0.3) is 0 Å². The lowest BCUT2D eigenvalue weighted by atomic mass is 10.0. The molecule has 5 heteroatoms. The Morgan fingerprint density at radius 3 is 2.90 bits per heavy atom. The van der Waals surface area contributed by atoms with Gasteiger partial charge in [0, 0.05) is 28.0 Å². The molecule has 108 valence electrons. The van der Waals surface area contributed by atoms with Crippen LogP contribution in [0.1, 0.15) is 22.3 Å². The molecule has 0 aliphatic carbocycles. The zero-order valence-corrected chi connectivity index (χ0v) is 13.6. The Morgan fingerprint density at radius 1 is 1.24 bits per heavy atom. The normalized spacial score (nSPS) is 13.2. The number of amides is 1. The van der Waals surface area contributed by atoms with E-state index in [1.165, 1.54) is 5.56 Å². The lowest BCUT2D eigenvalue weighted by molar-refractivity contribution is 0.102. The molecule has 3 rings (SSSR count). The molecule has 0 saturated heterocycles. The molecular formula is C16H14BrClN2O. The highest BCUT2D eigenvalue weighted by Gasteiger charge is 2.12. The van der Waals surface area contributed by atoms with Gasteiger partial charge in [-0.25, -0.2) is 0 Å². The Morgan fingerprint density at radius 2 is 2.10 bits per heavy atom. The number of fused-ring (bicyclic) bond motifs is 1. The lowest BCUT2D eigenvalue weighted by Crippen LogP contribution is -2.14. The average molecular weight is 366 g/mol. The fourth-order valence-corrected chi connectivity index (χ4v) is 2.89. The number of nitrogens with one attached hydrogen (secondary N) is 2. The van der Waals surface area contributed by atoms with Crippen molar-refractivity contribution in [3.8, 4) is 0 Å². The van der Waals surface area contributed by atoms with E-state index in [0.29, 0.717) is 15.1 Å². The van der Waals surface area contributed by atoms with E-state index in [2.05, 4.69) is 26.6 Å². The second-order valence-corrected chi connectivity index (χ2v) is 6.25. The summed E-state index contributed by atoms with van der Waals surface area (Å²) in [5.74, 6) is -0.143. The van der Waals surface area contributed by atoms with Crippen LogP contribution in [0.4, 0.5) is 11.4 Å². The molecule has 3 nitrogen and oxygen atoms in total. The zero-order chi connectivity index (χ0) is 14.8. The highest BCUT2D eigenvalue weighted by molar-refractivity contribution is 9.10. The smallest absolute Gasteiger partial charge is 0.255 e. The number of carbonyl (C=O) groups is 1. The van der Waals surface area contributed by atoms with Gasteiger partial charge in [0.2, 0.25) is 0 Å². The van der Waals surface area contributed by atoms with Gasteiger partial charge in [-0.3, -0.25) is 4.79 Å². The molecule has 0 radical (unpaired) electrons. The maximum Gasteiger partial charge on any atom is 0.255 e. The third-order valence-electron chi connectivity index (χ3n) is 3.48. The summed E-state index contributed by atoms with van der Waals surface area (Å²) in [6.45, 7) is 1.01. The zero-order valence-electron chi connectivity index (χ0n) is 11.2. The van der Waals surface area contributed by atoms with Crippen molar-refractivity contribution in [2.45, 2.75) is 12.8 Å². The van der Waals surface area contributed by atoms with Gasteiger partial charge in [-0.1, -0.05) is 11.6 Å². The molecule has 0 spiro atoms. The summed E-state index contributed by atoms with van der Waals surface area (Å²) >= 11 is 9.27. The summed E-state index contributed by atoms with van der Waals surface area (Å²) in [7, 11) is 0. The van der Waals surface area contributed by atoms with Gasteiger partial charge in [0.15, 0.2) is 0 Å². The van der Waals surface area contributed by atoms with Crippen molar-refractivity contribution in [3.63, 3.8) is 0 Å². The van der Waals surface area contributed by atoms with Crippen molar-refractivity contribution in [1.82, 2.24) is 0 Å². The van der Waals surface area contributed by atoms with Gasteiger partial charge in [-0.05, 0) is 70.7 Å². The third-order valence-corrected chi connectivity index (χ3v) is 4.70. The summed E-state index contributed by atoms with van der Waals surface area (Å²) in [6.07, 6.45) is 2.16. The number of halogens is 2. The summed E-state index contributed by atoms with van der Waals surface area (Å²) in [4.78, 5) is 12.3. The Labute approximate surface area is 136 Å². The molecule has 1 amide bonds. The lowest BCUT2D eigenvalue weighted by Gasteiger charge is -2.18. The van der Waals surface area contributed by atoms with Gasteiger partial charge in [-0.2, -0.15) is 0 Å². The topological polar surface area (TPSA) is 41.1 Å². The van der Waals surface area contributed by atoms with Crippen LogP contribution in [0.15, 0.2) is 40.9 Å². The number of anilines is 2. The monoisotopic (exact) mass is 364 g/mol. The van der Waals surface area contributed by atoms with E-state index in [1.54, 1.807) is 18.2 Å². The number of hydrogen-bond donors (Lipinski definition) is 2. The molecule has 21 heavy (non-hydrogen) atoms. The van der Waals surface area contributed by atoms with E-state index < -0.39 is 0 Å². The fourth-order valence-electron chi connectivity index (χ4n) is 2.39. The van der Waals surface area contributed by atoms with Crippen molar-refractivity contribution in [2.24, 2.45) is 0 Å².